The average Bonchev–Trinajstić information content (AvgIpc) is 2.28. The van der Waals surface area contributed by atoms with E-state index in [9.17, 15) is 5.11 Å². The summed E-state index contributed by atoms with van der Waals surface area (Å²) in [5.74, 6) is 0.331. The highest BCUT2D eigenvalue weighted by Crippen LogP contribution is 2.37. The highest BCUT2D eigenvalue weighted by atomic mass is 79.9. The van der Waals surface area contributed by atoms with E-state index in [1.165, 1.54) is 19.3 Å². The number of hydrogen-bond acceptors (Lipinski definition) is 3. The summed E-state index contributed by atoms with van der Waals surface area (Å²) < 4.78 is 1.06. The Hall–Kier alpha value is -0.580. The van der Waals surface area contributed by atoms with Gasteiger partial charge in [0.1, 0.15) is 5.75 Å². The molecule has 1 aromatic rings. The number of likely N-dealkylation sites (N-methyl/N-ethyl adjacent to an activating group) is 2. The Morgan fingerprint density at radius 3 is 2.47 bits per heavy atom. The number of rotatable bonds is 5. The average molecular weight is 327 g/mol. The van der Waals surface area contributed by atoms with E-state index in [1.54, 1.807) is 6.07 Å². The van der Waals surface area contributed by atoms with Gasteiger partial charge in [0.15, 0.2) is 0 Å². The van der Waals surface area contributed by atoms with Crippen molar-refractivity contribution >= 4 is 15.9 Å². The number of benzene rings is 1. The number of phenols is 1. The van der Waals surface area contributed by atoms with Crippen molar-refractivity contribution in [2.45, 2.75) is 31.3 Å². The highest BCUT2D eigenvalue weighted by molar-refractivity contribution is 9.10. The van der Waals surface area contributed by atoms with Crippen LogP contribution in [0.3, 0.4) is 0 Å². The van der Waals surface area contributed by atoms with Crippen molar-refractivity contribution in [3.63, 3.8) is 0 Å². The van der Waals surface area contributed by atoms with Crippen molar-refractivity contribution < 1.29 is 5.11 Å². The molecular weight excluding hydrogens is 304 g/mol. The third-order valence-electron chi connectivity index (χ3n) is 4.27. The lowest BCUT2D eigenvalue weighted by molar-refractivity contribution is 0.0258. The normalized spacial score (nSPS) is 17.8. The number of hydrogen-bond donors (Lipinski definition) is 1. The van der Waals surface area contributed by atoms with E-state index in [0.29, 0.717) is 11.3 Å². The standard InChI is InChI=1S/C15H23BrN2O/c1-17(2)15(7-4-8-15)11-18(3)10-12-9-13(19)5-6-14(12)16/h5-6,9,19H,4,7-8,10-11H2,1-3H3. The van der Waals surface area contributed by atoms with Crippen molar-refractivity contribution in [2.24, 2.45) is 0 Å². The zero-order chi connectivity index (χ0) is 14.0. The summed E-state index contributed by atoms with van der Waals surface area (Å²) in [4.78, 5) is 4.71. The first-order chi connectivity index (χ1) is 8.93. The van der Waals surface area contributed by atoms with Crippen LogP contribution in [0, 0.1) is 0 Å². The lowest BCUT2D eigenvalue weighted by Crippen LogP contribution is -2.56. The topological polar surface area (TPSA) is 26.7 Å². The van der Waals surface area contributed by atoms with Gasteiger partial charge in [0.25, 0.3) is 0 Å². The Morgan fingerprint density at radius 1 is 1.26 bits per heavy atom. The van der Waals surface area contributed by atoms with Crippen molar-refractivity contribution in [3.8, 4) is 5.75 Å². The molecule has 0 atom stereocenters. The van der Waals surface area contributed by atoms with Crippen molar-refractivity contribution in [1.82, 2.24) is 9.80 Å². The van der Waals surface area contributed by atoms with Gasteiger partial charge in [0.05, 0.1) is 0 Å². The highest BCUT2D eigenvalue weighted by Gasteiger charge is 2.39. The molecule has 0 radical (unpaired) electrons. The maximum absolute atomic E-state index is 9.58. The number of phenolic OH excluding ortho intramolecular Hbond substituents is 1. The molecule has 0 heterocycles. The Labute approximate surface area is 124 Å². The molecule has 3 nitrogen and oxygen atoms in total. The molecule has 19 heavy (non-hydrogen) atoms. The van der Waals surface area contributed by atoms with Crippen LogP contribution < -0.4 is 0 Å². The molecule has 0 spiro atoms. The summed E-state index contributed by atoms with van der Waals surface area (Å²) in [6.07, 6.45) is 3.90. The van der Waals surface area contributed by atoms with Gasteiger partial charge in [0, 0.05) is 23.1 Å². The molecule has 0 aromatic heterocycles. The van der Waals surface area contributed by atoms with Crippen LogP contribution in [-0.2, 0) is 6.54 Å². The molecule has 0 unspecified atom stereocenters. The van der Waals surface area contributed by atoms with Crippen LogP contribution in [0.25, 0.3) is 0 Å². The number of aromatic hydroxyl groups is 1. The molecule has 0 amide bonds. The van der Waals surface area contributed by atoms with Crippen molar-refractivity contribution in [1.29, 1.82) is 0 Å². The van der Waals surface area contributed by atoms with Gasteiger partial charge >= 0.3 is 0 Å². The summed E-state index contributed by atoms with van der Waals surface area (Å²) >= 11 is 3.55. The first-order valence-electron chi connectivity index (χ1n) is 6.76. The van der Waals surface area contributed by atoms with E-state index < -0.39 is 0 Å². The van der Waals surface area contributed by atoms with Gasteiger partial charge in [-0.1, -0.05) is 15.9 Å². The van der Waals surface area contributed by atoms with Gasteiger partial charge in [-0.05, 0) is 64.2 Å². The summed E-state index contributed by atoms with van der Waals surface area (Å²) in [5, 5.41) is 9.58. The quantitative estimate of drug-likeness (QED) is 0.900. The predicted octanol–water partition coefficient (Wildman–Crippen LogP) is 3.07. The summed E-state index contributed by atoms with van der Waals surface area (Å²) in [5.41, 5.74) is 1.48. The maximum Gasteiger partial charge on any atom is 0.115 e. The molecule has 1 fully saturated rings. The Kier molecular flexibility index (Phi) is 4.54. The Morgan fingerprint density at radius 2 is 1.95 bits per heavy atom. The minimum atomic E-state index is 0.331. The van der Waals surface area contributed by atoms with Crippen LogP contribution in [0.4, 0.5) is 0 Å². The van der Waals surface area contributed by atoms with E-state index in [4.69, 9.17) is 0 Å². The lowest BCUT2D eigenvalue weighted by Gasteiger charge is -2.49. The van der Waals surface area contributed by atoms with Gasteiger partial charge in [-0.25, -0.2) is 0 Å². The molecular formula is C15H23BrN2O. The van der Waals surface area contributed by atoms with Crippen molar-refractivity contribution in [2.75, 3.05) is 27.7 Å². The van der Waals surface area contributed by atoms with Crippen LogP contribution in [0.1, 0.15) is 24.8 Å². The van der Waals surface area contributed by atoms with Gasteiger partial charge < -0.3 is 14.9 Å². The van der Waals surface area contributed by atoms with E-state index in [0.717, 1.165) is 23.1 Å². The summed E-state index contributed by atoms with van der Waals surface area (Å²) in [7, 11) is 6.51. The van der Waals surface area contributed by atoms with Crippen molar-refractivity contribution in [3.05, 3.63) is 28.2 Å². The van der Waals surface area contributed by atoms with E-state index in [1.807, 2.05) is 12.1 Å². The lowest BCUT2D eigenvalue weighted by atomic mass is 9.75. The van der Waals surface area contributed by atoms with E-state index in [2.05, 4.69) is 46.9 Å². The van der Waals surface area contributed by atoms with E-state index in [-0.39, 0.29) is 0 Å². The number of nitrogens with zero attached hydrogens (tertiary/aromatic N) is 2. The van der Waals surface area contributed by atoms with Gasteiger partial charge in [-0.3, -0.25) is 0 Å². The maximum atomic E-state index is 9.58. The minimum Gasteiger partial charge on any atom is -0.508 e. The summed E-state index contributed by atoms with van der Waals surface area (Å²) in [6, 6.07) is 5.45. The van der Waals surface area contributed by atoms with Crippen LogP contribution in [0.2, 0.25) is 0 Å². The van der Waals surface area contributed by atoms with Crippen LogP contribution in [-0.4, -0.2) is 48.1 Å². The molecule has 0 aliphatic heterocycles. The molecule has 0 saturated heterocycles. The molecule has 1 N–H and O–H groups in total. The molecule has 1 aromatic carbocycles. The molecule has 106 valence electrons. The smallest absolute Gasteiger partial charge is 0.115 e. The third kappa shape index (κ3) is 3.30. The third-order valence-corrected chi connectivity index (χ3v) is 5.04. The first-order valence-corrected chi connectivity index (χ1v) is 7.56. The van der Waals surface area contributed by atoms with E-state index >= 15 is 0 Å². The van der Waals surface area contributed by atoms with Gasteiger partial charge in [-0.15, -0.1) is 0 Å². The largest absolute Gasteiger partial charge is 0.508 e. The zero-order valence-electron chi connectivity index (χ0n) is 12.0. The molecule has 1 aliphatic rings. The second kappa shape index (κ2) is 5.81. The van der Waals surface area contributed by atoms with Crippen LogP contribution in [0.5, 0.6) is 5.75 Å². The fraction of sp³-hybridized carbons (Fsp3) is 0.600. The second-order valence-corrected chi connectivity index (χ2v) is 6.77. The number of halogens is 1. The Bertz CT molecular complexity index is 444. The predicted molar refractivity (Wildman–Crippen MR) is 82.4 cm³/mol. The van der Waals surface area contributed by atoms with Crippen LogP contribution in [0.15, 0.2) is 22.7 Å². The summed E-state index contributed by atoms with van der Waals surface area (Å²) in [6.45, 7) is 1.92. The molecule has 1 aliphatic carbocycles. The minimum absolute atomic E-state index is 0.331. The monoisotopic (exact) mass is 326 g/mol. The van der Waals surface area contributed by atoms with Crippen LogP contribution >= 0.6 is 15.9 Å². The zero-order valence-corrected chi connectivity index (χ0v) is 13.6. The fourth-order valence-electron chi connectivity index (χ4n) is 2.86. The molecule has 0 bridgehead atoms. The fourth-order valence-corrected chi connectivity index (χ4v) is 3.24. The molecule has 1 saturated carbocycles. The Balaban J connectivity index is 2.01. The SMILES string of the molecule is CN(Cc1cc(O)ccc1Br)CC1(N(C)C)CCC1. The van der Waals surface area contributed by atoms with Gasteiger partial charge in [-0.2, -0.15) is 0 Å². The molecule has 4 heteroatoms. The van der Waals surface area contributed by atoms with Gasteiger partial charge in [0.2, 0.25) is 0 Å². The first kappa shape index (κ1) is 14.8. The second-order valence-electron chi connectivity index (χ2n) is 5.92. The molecule has 2 rings (SSSR count).